The molecule has 0 aliphatic heterocycles. The number of nitrogens with zero attached hydrogens (tertiary/aromatic N) is 2. The molecule has 0 radical (unpaired) electrons. The molecule has 0 bridgehead atoms. The van der Waals surface area contributed by atoms with E-state index in [1.807, 2.05) is 20.8 Å². The van der Waals surface area contributed by atoms with E-state index in [9.17, 15) is 8.42 Å². The number of rotatable bonds is 4. The first-order valence-electron chi connectivity index (χ1n) is 5.01. The van der Waals surface area contributed by atoms with Gasteiger partial charge in [-0.05, 0) is 25.8 Å². The van der Waals surface area contributed by atoms with Crippen LogP contribution >= 0.6 is 0 Å². The van der Waals surface area contributed by atoms with Crippen molar-refractivity contribution in [2.24, 2.45) is 5.14 Å². The van der Waals surface area contributed by atoms with Crippen LogP contribution in [0.1, 0.15) is 38.9 Å². The summed E-state index contributed by atoms with van der Waals surface area (Å²) in [4.78, 5) is 0. The van der Waals surface area contributed by atoms with Gasteiger partial charge in [-0.3, -0.25) is 0 Å². The van der Waals surface area contributed by atoms with Crippen LogP contribution < -0.4 is 5.14 Å². The summed E-state index contributed by atoms with van der Waals surface area (Å²) >= 11 is 0. The Balaban J connectivity index is 3.30. The zero-order valence-electron chi connectivity index (χ0n) is 9.27. The average Bonchev–Trinajstić information content (AvgIpc) is 2.59. The van der Waals surface area contributed by atoms with Crippen LogP contribution in [0.2, 0.25) is 0 Å². The van der Waals surface area contributed by atoms with E-state index in [-0.39, 0.29) is 11.1 Å². The largest absolute Gasteiger partial charge is 0.255 e. The first-order chi connectivity index (χ1) is 6.90. The first-order valence-corrected chi connectivity index (χ1v) is 6.56. The predicted molar refractivity (Wildman–Crippen MR) is 58.0 cm³/mol. The van der Waals surface area contributed by atoms with E-state index in [2.05, 4.69) is 5.10 Å². The van der Waals surface area contributed by atoms with Gasteiger partial charge in [0.1, 0.15) is 0 Å². The Bertz CT molecular complexity index is 436. The fourth-order valence-electron chi connectivity index (χ4n) is 1.30. The molecule has 5 nitrogen and oxygen atoms in total. The second-order valence-electron chi connectivity index (χ2n) is 3.57. The van der Waals surface area contributed by atoms with Crippen LogP contribution in [0.4, 0.5) is 0 Å². The van der Waals surface area contributed by atoms with Crippen molar-refractivity contribution in [3.63, 3.8) is 0 Å². The van der Waals surface area contributed by atoms with Crippen LogP contribution in [0.25, 0.3) is 0 Å². The summed E-state index contributed by atoms with van der Waals surface area (Å²) in [5.41, 5.74) is 0.749. The minimum atomic E-state index is -3.68. The van der Waals surface area contributed by atoms with E-state index in [4.69, 9.17) is 5.14 Å². The maximum absolute atomic E-state index is 11.3. The molecular weight excluding hydrogens is 214 g/mol. The quantitative estimate of drug-likeness (QED) is 0.841. The summed E-state index contributed by atoms with van der Waals surface area (Å²) in [6.45, 7) is 5.82. The maximum atomic E-state index is 11.3. The molecule has 0 spiro atoms. The summed E-state index contributed by atoms with van der Waals surface area (Å²) < 4.78 is 24.1. The Morgan fingerprint density at radius 1 is 1.53 bits per heavy atom. The van der Waals surface area contributed by atoms with E-state index in [1.165, 1.54) is 4.68 Å². The second-order valence-corrected chi connectivity index (χ2v) is 5.08. The second kappa shape index (κ2) is 4.32. The molecule has 1 aromatic rings. The van der Waals surface area contributed by atoms with E-state index in [1.54, 1.807) is 6.07 Å². The van der Waals surface area contributed by atoms with Gasteiger partial charge in [0.15, 0.2) is 5.03 Å². The standard InChI is InChI=1S/C9H17N3O2S/c1-4-7(3)12-9(15(10,13)14)6-8(5-2)11-12/h6-7H,4-5H2,1-3H3,(H2,10,13,14). The lowest BCUT2D eigenvalue weighted by atomic mass is 10.3. The normalized spacial score (nSPS) is 14.1. The van der Waals surface area contributed by atoms with E-state index < -0.39 is 10.0 Å². The van der Waals surface area contributed by atoms with Gasteiger partial charge >= 0.3 is 0 Å². The number of aromatic nitrogens is 2. The van der Waals surface area contributed by atoms with Gasteiger partial charge in [0.25, 0.3) is 10.0 Å². The number of hydrogen-bond donors (Lipinski definition) is 1. The molecule has 1 rings (SSSR count). The highest BCUT2D eigenvalue weighted by Gasteiger charge is 2.19. The molecule has 0 aliphatic carbocycles. The Morgan fingerprint density at radius 3 is 2.53 bits per heavy atom. The summed E-state index contributed by atoms with van der Waals surface area (Å²) in [5, 5.41) is 9.46. The van der Waals surface area contributed by atoms with Gasteiger partial charge in [-0.1, -0.05) is 13.8 Å². The van der Waals surface area contributed by atoms with Crippen molar-refractivity contribution >= 4 is 10.0 Å². The van der Waals surface area contributed by atoms with Crippen LogP contribution in [-0.4, -0.2) is 18.2 Å². The molecule has 6 heteroatoms. The van der Waals surface area contributed by atoms with Gasteiger partial charge in [0.2, 0.25) is 0 Å². The molecular formula is C9H17N3O2S. The Hall–Kier alpha value is -0.880. The summed E-state index contributed by atoms with van der Waals surface area (Å²) in [6, 6.07) is 1.58. The van der Waals surface area contributed by atoms with Gasteiger partial charge in [0, 0.05) is 0 Å². The number of sulfonamides is 1. The highest BCUT2D eigenvalue weighted by atomic mass is 32.2. The lowest BCUT2D eigenvalue weighted by Crippen LogP contribution is -2.19. The van der Waals surface area contributed by atoms with Crippen LogP contribution in [0.3, 0.4) is 0 Å². The van der Waals surface area contributed by atoms with Crippen molar-refractivity contribution in [3.8, 4) is 0 Å². The Labute approximate surface area is 90.3 Å². The van der Waals surface area contributed by atoms with Gasteiger partial charge < -0.3 is 0 Å². The topological polar surface area (TPSA) is 78.0 Å². The van der Waals surface area contributed by atoms with E-state index in [0.717, 1.165) is 12.1 Å². The molecule has 86 valence electrons. The molecule has 0 saturated carbocycles. The molecule has 0 saturated heterocycles. The first kappa shape index (κ1) is 12.2. The third-order valence-electron chi connectivity index (χ3n) is 2.41. The lowest BCUT2D eigenvalue weighted by Gasteiger charge is -2.11. The van der Waals surface area contributed by atoms with Crippen LogP contribution in [0.15, 0.2) is 11.1 Å². The maximum Gasteiger partial charge on any atom is 0.255 e. The van der Waals surface area contributed by atoms with Gasteiger partial charge in [-0.15, -0.1) is 0 Å². The molecule has 0 aromatic carbocycles. The minimum Gasteiger partial charge on any atom is -0.250 e. The molecule has 1 heterocycles. The molecule has 1 atom stereocenters. The fraction of sp³-hybridized carbons (Fsp3) is 0.667. The smallest absolute Gasteiger partial charge is 0.250 e. The van der Waals surface area contributed by atoms with Crippen molar-refractivity contribution in [1.29, 1.82) is 0 Å². The number of hydrogen-bond acceptors (Lipinski definition) is 3. The molecule has 0 aliphatic rings. The third-order valence-corrected chi connectivity index (χ3v) is 3.30. The molecule has 1 aromatic heterocycles. The van der Waals surface area contributed by atoms with Crippen LogP contribution in [0, 0.1) is 0 Å². The Morgan fingerprint density at radius 2 is 2.13 bits per heavy atom. The van der Waals surface area contributed by atoms with Crippen molar-refractivity contribution < 1.29 is 8.42 Å². The molecule has 1 unspecified atom stereocenters. The van der Waals surface area contributed by atoms with Crippen molar-refractivity contribution in [2.75, 3.05) is 0 Å². The van der Waals surface area contributed by atoms with Gasteiger partial charge in [-0.2, -0.15) is 5.10 Å². The van der Waals surface area contributed by atoms with Crippen molar-refractivity contribution in [3.05, 3.63) is 11.8 Å². The van der Waals surface area contributed by atoms with E-state index in [0.29, 0.717) is 6.42 Å². The summed E-state index contributed by atoms with van der Waals surface area (Å²) in [7, 11) is -3.68. The average molecular weight is 231 g/mol. The van der Waals surface area contributed by atoms with Gasteiger partial charge in [0.05, 0.1) is 11.7 Å². The monoisotopic (exact) mass is 231 g/mol. The minimum absolute atomic E-state index is 0.0404. The molecule has 0 amide bonds. The zero-order chi connectivity index (χ0) is 11.6. The van der Waals surface area contributed by atoms with Crippen molar-refractivity contribution in [2.45, 2.75) is 44.7 Å². The fourth-order valence-corrected chi connectivity index (χ4v) is 2.08. The predicted octanol–water partition coefficient (Wildman–Crippen LogP) is 1.06. The SMILES string of the molecule is CCc1cc(S(N)(=O)=O)n(C(C)CC)n1. The lowest BCUT2D eigenvalue weighted by molar-refractivity contribution is 0.434. The van der Waals surface area contributed by atoms with Crippen LogP contribution in [0.5, 0.6) is 0 Å². The third kappa shape index (κ3) is 2.57. The summed E-state index contributed by atoms with van der Waals surface area (Å²) in [5.74, 6) is 0. The van der Waals surface area contributed by atoms with Crippen molar-refractivity contribution in [1.82, 2.24) is 9.78 Å². The molecule has 15 heavy (non-hydrogen) atoms. The number of aryl methyl sites for hydroxylation is 1. The highest BCUT2D eigenvalue weighted by Crippen LogP contribution is 2.17. The van der Waals surface area contributed by atoms with E-state index >= 15 is 0 Å². The molecule has 0 fully saturated rings. The zero-order valence-corrected chi connectivity index (χ0v) is 10.1. The number of primary sulfonamides is 1. The highest BCUT2D eigenvalue weighted by molar-refractivity contribution is 7.89. The molecule has 2 N–H and O–H groups in total. The summed E-state index contributed by atoms with van der Waals surface area (Å²) in [6.07, 6.45) is 1.51. The van der Waals surface area contributed by atoms with Crippen LogP contribution in [-0.2, 0) is 16.4 Å². The van der Waals surface area contributed by atoms with Gasteiger partial charge in [-0.25, -0.2) is 18.2 Å². The number of nitrogens with two attached hydrogens (primary N) is 1. The Kier molecular flexibility index (Phi) is 3.51.